The molecule has 0 aromatic carbocycles. The third-order valence-electron chi connectivity index (χ3n) is 5.76. The van der Waals surface area contributed by atoms with Crippen molar-refractivity contribution in [2.75, 3.05) is 19.6 Å². The van der Waals surface area contributed by atoms with Crippen LogP contribution < -0.4 is 5.73 Å². The van der Waals surface area contributed by atoms with Crippen LogP contribution in [0, 0.1) is 0 Å². The number of likely N-dealkylation sites (tertiary alicyclic amines) is 2. The first-order valence-electron chi connectivity index (χ1n) is 10.3. The maximum absolute atomic E-state index is 13.1. The van der Waals surface area contributed by atoms with Crippen LogP contribution in [0.15, 0.2) is 45.2 Å². The molecule has 3 aliphatic heterocycles. The van der Waals surface area contributed by atoms with Gasteiger partial charge in [0.2, 0.25) is 0 Å². The number of hydrogen-bond donors (Lipinski definition) is 1. The van der Waals surface area contributed by atoms with Crippen molar-refractivity contribution in [1.82, 2.24) is 14.8 Å². The van der Waals surface area contributed by atoms with Crippen LogP contribution in [0.5, 0.6) is 0 Å². The number of carbonyl (C=O) groups is 1. The van der Waals surface area contributed by atoms with Gasteiger partial charge in [-0.25, -0.2) is 10.0 Å². The predicted molar refractivity (Wildman–Crippen MR) is 123 cm³/mol. The van der Waals surface area contributed by atoms with E-state index in [1.807, 2.05) is 29.5 Å². The fraction of sp³-hybridized carbons (Fsp3) is 0.476. The van der Waals surface area contributed by atoms with Gasteiger partial charge >= 0.3 is 0 Å². The molecular formula is C21H27ClN6OS. The lowest BCUT2D eigenvalue weighted by Crippen LogP contribution is -2.43. The van der Waals surface area contributed by atoms with Gasteiger partial charge in [0, 0.05) is 44.2 Å². The predicted octanol–water partition coefficient (Wildman–Crippen LogP) is 3.50. The standard InChI is InChI=1S/C21H27ClN6OS/c1-14-12-28(24-2)18(25-20(14)26-9-6-15(23)13-26)11-16-5-3-4-8-27(16)21(29)19-17(22)7-10-30-19/h7,10-12,15-16H,2-6,8-9,13,23H2,1H3/b18-11-/t15-,16?/m0/s1. The van der Waals surface area contributed by atoms with E-state index < -0.39 is 0 Å². The summed E-state index contributed by atoms with van der Waals surface area (Å²) in [6.07, 6.45) is 7.86. The minimum atomic E-state index is -0.0682. The summed E-state index contributed by atoms with van der Waals surface area (Å²) in [4.78, 5) is 22.8. The molecule has 2 atom stereocenters. The van der Waals surface area contributed by atoms with Gasteiger partial charge in [-0.1, -0.05) is 11.6 Å². The normalized spacial score (nSPS) is 26.1. The minimum Gasteiger partial charge on any atom is -0.355 e. The zero-order valence-electron chi connectivity index (χ0n) is 17.1. The van der Waals surface area contributed by atoms with Crippen LogP contribution in [0.1, 0.15) is 42.3 Å². The number of aliphatic imine (C=N–C) groups is 1. The number of hydrazone groups is 1. The lowest BCUT2D eigenvalue weighted by molar-refractivity contribution is 0.0667. The number of rotatable bonds is 3. The van der Waals surface area contributed by atoms with Gasteiger partial charge < -0.3 is 15.5 Å². The number of halogens is 1. The summed E-state index contributed by atoms with van der Waals surface area (Å²) in [6, 6.07) is 1.87. The van der Waals surface area contributed by atoms with Crippen molar-refractivity contribution in [2.24, 2.45) is 15.8 Å². The smallest absolute Gasteiger partial charge is 0.265 e. The Morgan fingerprint density at radius 2 is 2.23 bits per heavy atom. The van der Waals surface area contributed by atoms with E-state index in [-0.39, 0.29) is 18.0 Å². The molecule has 3 aliphatic rings. The molecule has 0 radical (unpaired) electrons. The van der Waals surface area contributed by atoms with Crippen molar-refractivity contribution >= 4 is 41.4 Å². The highest BCUT2D eigenvalue weighted by molar-refractivity contribution is 7.12. The number of hydrogen-bond acceptors (Lipinski definition) is 7. The average molecular weight is 447 g/mol. The molecule has 1 amide bonds. The van der Waals surface area contributed by atoms with E-state index in [0.29, 0.717) is 22.3 Å². The number of amidine groups is 1. The molecule has 2 saturated heterocycles. The highest BCUT2D eigenvalue weighted by Crippen LogP contribution is 2.29. The number of amides is 1. The molecule has 160 valence electrons. The average Bonchev–Trinajstić information content (AvgIpc) is 3.37. The maximum atomic E-state index is 13.1. The van der Waals surface area contributed by atoms with E-state index in [0.717, 1.165) is 50.2 Å². The van der Waals surface area contributed by atoms with Gasteiger partial charge in [-0.2, -0.15) is 5.10 Å². The lowest BCUT2D eigenvalue weighted by Gasteiger charge is -2.35. The van der Waals surface area contributed by atoms with Gasteiger partial charge in [0.1, 0.15) is 10.7 Å². The molecule has 0 spiro atoms. The molecule has 0 aliphatic carbocycles. The maximum Gasteiger partial charge on any atom is 0.265 e. The van der Waals surface area contributed by atoms with E-state index in [4.69, 9.17) is 22.3 Å². The molecule has 7 nitrogen and oxygen atoms in total. The lowest BCUT2D eigenvalue weighted by atomic mass is 10.0. The van der Waals surface area contributed by atoms with Gasteiger partial charge in [-0.15, -0.1) is 11.3 Å². The molecule has 2 N–H and O–H groups in total. The number of piperidine rings is 1. The fourth-order valence-electron chi connectivity index (χ4n) is 4.21. The van der Waals surface area contributed by atoms with Gasteiger partial charge in [0.25, 0.3) is 5.91 Å². The van der Waals surface area contributed by atoms with Crippen molar-refractivity contribution in [1.29, 1.82) is 0 Å². The van der Waals surface area contributed by atoms with Gasteiger partial charge in [-0.3, -0.25) is 4.79 Å². The molecule has 2 fully saturated rings. The van der Waals surface area contributed by atoms with Crippen LogP contribution in [-0.2, 0) is 0 Å². The van der Waals surface area contributed by atoms with E-state index >= 15 is 0 Å². The van der Waals surface area contributed by atoms with Crippen LogP contribution in [0.3, 0.4) is 0 Å². The first-order chi connectivity index (χ1) is 14.5. The highest BCUT2D eigenvalue weighted by Gasteiger charge is 2.31. The zero-order valence-corrected chi connectivity index (χ0v) is 18.7. The summed E-state index contributed by atoms with van der Waals surface area (Å²) >= 11 is 7.61. The Kier molecular flexibility index (Phi) is 6.26. The van der Waals surface area contributed by atoms with E-state index in [2.05, 4.69) is 16.7 Å². The fourth-order valence-corrected chi connectivity index (χ4v) is 5.30. The Labute approximate surface area is 186 Å². The zero-order chi connectivity index (χ0) is 21.3. The van der Waals surface area contributed by atoms with Crippen molar-refractivity contribution < 1.29 is 4.79 Å². The Morgan fingerprint density at radius 3 is 2.90 bits per heavy atom. The highest BCUT2D eigenvalue weighted by atomic mass is 35.5. The number of carbonyl (C=O) groups excluding carboxylic acids is 1. The number of nitrogens with two attached hydrogens (primary N) is 1. The van der Waals surface area contributed by atoms with E-state index in [1.54, 1.807) is 11.1 Å². The molecule has 4 heterocycles. The van der Waals surface area contributed by atoms with E-state index in [1.165, 1.54) is 11.3 Å². The molecule has 0 saturated carbocycles. The minimum absolute atomic E-state index is 0.0214. The quantitative estimate of drug-likeness (QED) is 0.721. The van der Waals surface area contributed by atoms with Crippen molar-refractivity contribution in [3.05, 3.63) is 45.0 Å². The SMILES string of the molecule is C=NN1C=C(C)C(N2CC[C@H](N)C2)=N/C1=C/C1CCCCN1C(=O)c1sccc1Cl. The summed E-state index contributed by atoms with van der Waals surface area (Å²) in [5.41, 5.74) is 7.12. The van der Waals surface area contributed by atoms with Crippen molar-refractivity contribution in [2.45, 2.75) is 44.7 Å². The largest absolute Gasteiger partial charge is 0.355 e. The van der Waals surface area contributed by atoms with Crippen LogP contribution in [0.25, 0.3) is 0 Å². The molecule has 4 rings (SSSR count). The second-order valence-corrected chi connectivity index (χ2v) is 9.24. The number of thiophene rings is 1. The third-order valence-corrected chi connectivity index (χ3v) is 7.09. The molecule has 1 aromatic heterocycles. The van der Waals surface area contributed by atoms with Crippen LogP contribution >= 0.6 is 22.9 Å². The van der Waals surface area contributed by atoms with Crippen molar-refractivity contribution in [3.8, 4) is 0 Å². The molecule has 9 heteroatoms. The number of nitrogens with zero attached hydrogens (tertiary/aromatic N) is 5. The van der Waals surface area contributed by atoms with Crippen LogP contribution in [0.2, 0.25) is 5.02 Å². The van der Waals surface area contributed by atoms with Crippen molar-refractivity contribution in [3.63, 3.8) is 0 Å². The first kappa shape index (κ1) is 21.1. The summed E-state index contributed by atoms with van der Waals surface area (Å²) < 4.78 is 0. The Bertz CT molecular complexity index is 922. The summed E-state index contributed by atoms with van der Waals surface area (Å²) in [5.74, 6) is 1.59. The van der Waals surface area contributed by atoms with Gasteiger partial charge in [0.15, 0.2) is 5.82 Å². The van der Waals surface area contributed by atoms with E-state index in [9.17, 15) is 4.79 Å². The van der Waals surface area contributed by atoms with Gasteiger partial charge in [-0.05, 0) is 50.1 Å². The van der Waals surface area contributed by atoms with Crippen LogP contribution in [-0.4, -0.2) is 65.0 Å². The second kappa shape index (κ2) is 8.91. The Hall–Kier alpha value is -2.16. The van der Waals surface area contributed by atoms with Gasteiger partial charge in [0.05, 0.1) is 11.1 Å². The summed E-state index contributed by atoms with van der Waals surface area (Å²) in [6.45, 7) is 8.11. The molecule has 1 aromatic rings. The monoisotopic (exact) mass is 446 g/mol. The topological polar surface area (TPSA) is 77.5 Å². The third kappa shape index (κ3) is 4.17. The molecule has 30 heavy (non-hydrogen) atoms. The van der Waals surface area contributed by atoms with Crippen LogP contribution in [0.4, 0.5) is 0 Å². The first-order valence-corrected chi connectivity index (χ1v) is 11.5. The molecular weight excluding hydrogens is 420 g/mol. The Morgan fingerprint density at radius 1 is 1.40 bits per heavy atom. The summed E-state index contributed by atoms with van der Waals surface area (Å²) in [7, 11) is 0. The Balaban J connectivity index is 1.64. The summed E-state index contributed by atoms with van der Waals surface area (Å²) in [5, 5.41) is 8.17. The second-order valence-electron chi connectivity index (χ2n) is 7.91. The molecule has 1 unspecified atom stereocenters. The molecule has 0 bridgehead atoms.